The van der Waals surface area contributed by atoms with Crippen molar-refractivity contribution in [3.8, 4) is 0 Å². The predicted octanol–water partition coefficient (Wildman–Crippen LogP) is 3.51. The largest absolute Gasteiger partial charge is 0.228 e. The number of halogens is 4. The third-order valence-electron chi connectivity index (χ3n) is 3.27. The van der Waals surface area contributed by atoms with Crippen LogP contribution >= 0.6 is 15.9 Å². The van der Waals surface area contributed by atoms with Gasteiger partial charge in [0.1, 0.15) is 17.5 Å². The second kappa shape index (κ2) is 5.44. The van der Waals surface area contributed by atoms with Gasteiger partial charge in [-0.25, -0.2) is 21.6 Å². The van der Waals surface area contributed by atoms with Gasteiger partial charge in [0.05, 0.1) is 15.8 Å². The molecule has 1 saturated heterocycles. The van der Waals surface area contributed by atoms with E-state index in [1.165, 1.54) is 0 Å². The Kier molecular flexibility index (Phi) is 4.25. The van der Waals surface area contributed by atoms with Gasteiger partial charge in [0.2, 0.25) is 0 Å². The summed E-state index contributed by atoms with van der Waals surface area (Å²) < 4.78 is 64.1. The first-order chi connectivity index (χ1) is 8.83. The van der Waals surface area contributed by atoms with Crippen molar-refractivity contribution < 1.29 is 21.6 Å². The second-order valence-electron chi connectivity index (χ2n) is 4.59. The standard InChI is InChI=1S/C12H12BrF3O2S/c13-12(10-3-1-2-4-19(10,17)18)11-8(15)5-7(14)6-9(11)16/h5-6,10,12H,1-4H2. The molecule has 1 aliphatic rings. The summed E-state index contributed by atoms with van der Waals surface area (Å²) in [5, 5.41) is -0.879. The van der Waals surface area contributed by atoms with Gasteiger partial charge in [0.15, 0.2) is 9.84 Å². The molecule has 0 N–H and O–H groups in total. The summed E-state index contributed by atoms with van der Waals surface area (Å²) in [4.78, 5) is -1.00. The Morgan fingerprint density at radius 1 is 1.16 bits per heavy atom. The van der Waals surface area contributed by atoms with Gasteiger partial charge >= 0.3 is 0 Å². The number of benzene rings is 1. The molecule has 2 atom stereocenters. The molecule has 0 aromatic heterocycles. The van der Waals surface area contributed by atoms with E-state index in [-0.39, 0.29) is 5.75 Å². The lowest BCUT2D eigenvalue weighted by molar-refractivity contribution is 0.502. The molecule has 1 aromatic rings. The fourth-order valence-corrected chi connectivity index (χ4v) is 5.93. The number of rotatable bonds is 2. The van der Waals surface area contributed by atoms with Crippen molar-refractivity contribution in [1.82, 2.24) is 0 Å². The van der Waals surface area contributed by atoms with E-state index in [0.29, 0.717) is 31.4 Å². The van der Waals surface area contributed by atoms with E-state index in [1.807, 2.05) is 0 Å². The zero-order valence-corrected chi connectivity index (χ0v) is 12.3. The number of hydrogen-bond acceptors (Lipinski definition) is 2. The molecule has 0 radical (unpaired) electrons. The van der Waals surface area contributed by atoms with Crippen molar-refractivity contribution in [2.24, 2.45) is 0 Å². The molecule has 1 heterocycles. The zero-order valence-electron chi connectivity index (χ0n) is 9.87. The molecule has 0 spiro atoms. The minimum atomic E-state index is -3.39. The molecule has 19 heavy (non-hydrogen) atoms. The maximum absolute atomic E-state index is 13.7. The van der Waals surface area contributed by atoms with Crippen LogP contribution in [-0.2, 0) is 9.84 Å². The van der Waals surface area contributed by atoms with Gasteiger partial charge in [0.25, 0.3) is 0 Å². The third kappa shape index (κ3) is 2.97. The molecule has 2 unspecified atom stereocenters. The normalized spacial score (nSPS) is 24.1. The number of hydrogen-bond donors (Lipinski definition) is 0. The Labute approximate surface area is 118 Å². The lowest BCUT2D eigenvalue weighted by Gasteiger charge is -2.27. The summed E-state index contributed by atoms with van der Waals surface area (Å²) in [6.45, 7) is 0. The predicted molar refractivity (Wildman–Crippen MR) is 69.4 cm³/mol. The highest BCUT2D eigenvalue weighted by Gasteiger charge is 2.37. The summed E-state index contributed by atoms with van der Waals surface area (Å²) >= 11 is 3.07. The maximum Gasteiger partial charge on any atom is 0.154 e. The zero-order chi connectivity index (χ0) is 14.2. The van der Waals surface area contributed by atoms with Gasteiger partial charge in [-0.3, -0.25) is 0 Å². The van der Waals surface area contributed by atoms with Crippen molar-refractivity contribution in [1.29, 1.82) is 0 Å². The van der Waals surface area contributed by atoms with Crippen LogP contribution in [0.2, 0.25) is 0 Å². The van der Waals surface area contributed by atoms with Crippen LogP contribution < -0.4 is 0 Å². The van der Waals surface area contributed by atoms with Crippen LogP contribution in [0, 0.1) is 17.5 Å². The minimum Gasteiger partial charge on any atom is -0.228 e. The van der Waals surface area contributed by atoms with Crippen molar-refractivity contribution in [2.75, 3.05) is 5.75 Å². The molecule has 0 aliphatic carbocycles. The molecular formula is C12H12BrF3O2S. The van der Waals surface area contributed by atoms with Gasteiger partial charge in [-0.15, -0.1) is 0 Å². The lowest BCUT2D eigenvalue weighted by atomic mass is 10.0. The average molecular weight is 357 g/mol. The van der Waals surface area contributed by atoms with Crippen LogP contribution in [0.15, 0.2) is 12.1 Å². The van der Waals surface area contributed by atoms with Crippen molar-refractivity contribution in [2.45, 2.75) is 29.3 Å². The monoisotopic (exact) mass is 356 g/mol. The van der Waals surface area contributed by atoms with Gasteiger partial charge in [-0.2, -0.15) is 0 Å². The highest BCUT2D eigenvalue weighted by molar-refractivity contribution is 9.09. The van der Waals surface area contributed by atoms with Gasteiger partial charge in [-0.1, -0.05) is 22.4 Å². The third-order valence-corrected chi connectivity index (χ3v) is 7.01. The smallest absolute Gasteiger partial charge is 0.154 e. The number of alkyl halides is 1. The molecule has 1 aromatic carbocycles. The lowest BCUT2D eigenvalue weighted by Crippen LogP contribution is -2.32. The molecule has 2 rings (SSSR count). The summed E-state index contributed by atoms with van der Waals surface area (Å²) in [5.41, 5.74) is -0.420. The van der Waals surface area contributed by atoms with Crippen LogP contribution in [0.5, 0.6) is 0 Å². The van der Waals surface area contributed by atoms with Gasteiger partial charge < -0.3 is 0 Å². The topological polar surface area (TPSA) is 34.1 Å². The molecule has 0 saturated carbocycles. The molecule has 2 nitrogen and oxygen atoms in total. The van der Waals surface area contributed by atoms with Crippen LogP contribution in [0.3, 0.4) is 0 Å². The minimum absolute atomic E-state index is 0.0181. The molecular weight excluding hydrogens is 345 g/mol. The second-order valence-corrected chi connectivity index (χ2v) is 7.91. The molecule has 1 aliphatic heterocycles. The first kappa shape index (κ1) is 14.8. The van der Waals surface area contributed by atoms with Crippen LogP contribution in [0.25, 0.3) is 0 Å². The summed E-state index contributed by atoms with van der Waals surface area (Å²) in [5.74, 6) is -3.14. The highest BCUT2D eigenvalue weighted by atomic mass is 79.9. The van der Waals surface area contributed by atoms with E-state index >= 15 is 0 Å². The fraction of sp³-hybridized carbons (Fsp3) is 0.500. The summed E-state index contributed by atoms with van der Waals surface area (Å²) in [6, 6.07) is 1.12. The van der Waals surface area contributed by atoms with Crippen LogP contribution in [0.4, 0.5) is 13.2 Å². The first-order valence-electron chi connectivity index (χ1n) is 5.83. The van der Waals surface area contributed by atoms with E-state index in [2.05, 4.69) is 15.9 Å². The van der Waals surface area contributed by atoms with E-state index in [9.17, 15) is 21.6 Å². The molecule has 1 fully saturated rings. The Hall–Kier alpha value is -0.560. The fourth-order valence-electron chi connectivity index (χ4n) is 2.31. The SMILES string of the molecule is O=S1(=O)CCCCC1C(Br)c1c(F)cc(F)cc1F. The highest BCUT2D eigenvalue weighted by Crippen LogP contribution is 2.39. The van der Waals surface area contributed by atoms with E-state index < -0.39 is 42.9 Å². The van der Waals surface area contributed by atoms with E-state index in [1.54, 1.807) is 0 Å². The number of sulfone groups is 1. The van der Waals surface area contributed by atoms with E-state index in [4.69, 9.17) is 0 Å². The molecule has 0 bridgehead atoms. The summed E-state index contributed by atoms with van der Waals surface area (Å²) in [6.07, 6.45) is 1.60. The van der Waals surface area contributed by atoms with Crippen molar-refractivity contribution in [3.63, 3.8) is 0 Å². The van der Waals surface area contributed by atoms with Gasteiger partial charge in [0, 0.05) is 17.7 Å². The Bertz CT molecular complexity index is 566. The van der Waals surface area contributed by atoms with Gasteiger partial charge in [-0.05, 0) is 12.8 Å². The first-order valence-corrected chi connectivity index (χ1v) is 8.46. The maximum atomic E-state index is 13.7. The molecule has 7 heteroatoms. The average Bonchev–Trinajstić information content (AvgIpc) is 2.26. The Morgan fingerprint density at radius 3 is 2.26 bits per heavy atom. The van der Waals surface area contributed by atoms with Crippen molar-refractivity contribution in [3.05, 3.63) is 35.1 Å². The van der Waals surface area contributed by atoms with E-state index in [0.717, 1.165) is 0 Å². The van der Waals surface area contributed by atoms with Crippen LogP contribution in [-0.4, -0.2) is 19.4 Å². The quantitative estimate of drug-likeness (QED) is 0.760. The van der Waals surface area contributed by atoms with Crippen LogP contribution in [0.1, 0.15) is 29.7 Å². The van der Waals surface area contributed by atoms with Crippen molar-refractivity contribution >= 4 is 25.8 Å². The Balaban J connectivity index is 2.42. The summed E-state index contributed by atoms with van der Waals surface area (Å²) in [7, 11) is -3.39. The molecule has 0 amide bonds. The Morgan fingerprint density at radius 2 is 1.74 bits per heavy atom. The molecule has 106 valence electrons.